The molecule has 0 unspecified atom stereocenters. The van der Waals surface area contributed by atoms with Crippen molar-refractivity contribution in [1.29, 1.82) is 0 Å². The number of fused-ring (bicyclic) bond motifs is 1. The normalized spacial score (nSPS) is 10.6. The second-order valence-electron chi connectivity index (χ2n) is 7.38. The Bertz CT molecular complexity index is 1450. The maximum Gasteiger partial charge on any atom is 0.299 e. The molecule has 0 atom stereocenters. The number of non-ortho nitro benzene ring substituents is 1. The first-order chi connectivity index (χ1) is 16.3. The number of aromatic nitrogens is 1. The smallest absolute Gasteiger partial charge is 0.299 e. The second-order valence-corrected chi connectivity index (χ2v) is 7.38. The van der Waals surface area contributed by atoms with Crippen molar-refractivity contribution in [2.75, 3.05) is 12.4 Å². The number of pyridine rings is 1. The van der Waals surface area contributed by atoms with Crippen LogP contribution < -0.4 is 10.1 Å². The third-order valence-corrected chi connectivity index (χ3v) is 5.36. The van der Waals surface area contributed by atoms with Gasteiger partial charge in [0.05, 0.1) is 39.8 Å². The summed E-state index contributed by atoms with van der Waals surface area (Å²) < 4.78 is 5.21. The van der Waals surface area contributed by atoms with Gasteiger partial charge < -0.3 is 10.1 Å². The van der Waals surface area contributed by atoms with Crippen LogP contribution in [-0.4, -0.2) is 27.8 Å². The van der Waals surface area contributed by atoms with Gasteiger partial charge >= 0.3 is 0 Å². The molecule has 0 aliphatic rings. The topological polar surface area (TPSA) is 138 Å². The van der Waals surface area contributed by atoms with Crippen molar-refractivity contribution in [2.45, 2.75) is 6.92 Å². The summed E-state index contributed by atoms with van der Waals surface area (Å²) >= 11 is 0. The van der Waals surface area contributed by atoms with Crippen molar-refractivity contribution in [2.24, 2.45) is 0 Å². The zero-order valence-corrected chi connectivity index (χ0v) is 18.1. The number of nitro groups is 2. The van der Waals surface area contributed by atoms with Gasteiger partial charge in [-0.3, -0.25) is 25.0 Å². The fourth-order valence-electron chi connectivity index (χ4n) is 3.70. The number of nitrogens with zero attached hydrogens (tertiary/aromatic N) is 3. The zero-order valence-electron chi connectivity index (χ0n) is 18.1. The van der Waals surface area contributed by atoms with Gasteiger partial charge in [0, 0.05) is 17.0 Å². The van der Waals surface area contributed by atoms with Gasteiger partial charge in [-0.05, 0) is 48.9 Å². The van der Waals surface area contributed by atoms with Gasteiger partial charge in [0.1, 0.15) is 11.4 Å². The third-order valence-electron chi connectivity index (χ3n) is 5.36. The van der Waals surface area contributed by atoms with Crippen LogP contribution in [-0.2, 0) is 0 Å². The first kappa shape index (κ1) is 22.3. The van der Waals surface area contributed by atoms with Gasteiger partial charge in [-0.1, -0.05) is 18.2 Å². The molecule has 1 amide bonds. The molecular formula is C24H18N4O6. The average molecular weight is 458 g/mol. The number of hydrogen-bond donors (Lipinski definition) is 1. The molecule has 0 bridgehead atoms. The first-order valence-corrected chi connectivity index (χ1v) is 10.1. The van der Waals surface area contributed by atoms with E-state index in [4.69, 9.17) is 9.72 Å². The Kier molecular flexibility index (Phi) is 5.88. The van der Waals surface area contributed by atoms with Crippen LogP contribution in [0, 0.1) is 27.2 Å². The van der Waals surface area contributed by atoms with Gasteiger partial charge in [0.2, 0.25) is 0 Å². The van der Waals surface area contributed by atoms with Crippen LogP contribution in [0.2, 0.25) is 0 Å². The molecule has 34 heavy (non-hydrogen) atoms. The monoisotopic (exact) mass is 458 g/mol. The number of anilines is 1. The molecule has 1 aromatic heterocycles. The van der Waals surface area contributed by atoms with Crippen LogP contribution in [0.3, 0.4) is 0 Å². The Morgan fingerprint density at radius 2 is 1.68 bits per heavy atom. The number of hydrogen-bond acceptors (Lipinski definition) is 7. The van der Waals surface area contributed by atoms with Gasteiger partial charge in [-0.25, -0.2) is 4.98 Å². The van der Waals surface area contributed by atoms with E-state index in [1.807, 2.05) is 12.1 Å². The van der Waals surface area contributed by atoms with E-state index in [0.717, 1.165) is 23.8 Å². The number of rotatable bonds is 6. The number of carbonyl (C=O) groups is 1. The number of nitrogens with one attached hydrogen (secondary N) is 1. The van der Waals surface area contributed by atoms with E-state index < -0.39 is 27.1 Å². The summed E-state index contributed by atoms with van der Waals surface area (Å²) in [7, 11) is 1.56. The highest BCUT2D eigenvalue weighted by Crippen LogP contribution is 2.33. The fourth-order valence-corrected chi connectivity index (χ4v) is 3.70. The molecule has 10 nitrogen and oxygen atoms in total. The lowest BCUT2D eigenvalue weighted by Gasteiger charge is -2.15. The number of ether oxygens (including phenoxy) is 1. The number of methoxy groups -OCH3 is 1. The summed E-state index contributed by atoms with van der Waals surface area (Å²) in [6, 6.07) is 17.4. The van der Waals surface area contributed by atoms with Crippen molar-refractivity contribution >= 4 is 33.9 Å². The number of para-hydroxylation sites is 1. The number of carbonyl (C=O) groups excluding carboxylic acids is 1. The van der Waals surface area contributed by atoms with Crippen LogP contribution in [0.15, 0.2) is 66.7 Å². The molecule has 0 saturated heterocycles. The predicted octanol–water partition coefficient (Wildman–Crippen LogP) is 5.29. The minimum absolute atomic E-state index is 0.146. The van der Waals surface area contributed by atoms with E-state index in [1.54, 1.807) is 50.4 Å². The van der Waals surface area contributed by atoms with Crippen molar-refractivity contribution in [1.82, 2.24) is 4.98 Å². The SMILES string of the molecule is COc1ccc(-c2nc3ccccc3c(C(=O)Nc3ccc([N+](=O)[O-])cc3[N+](=O)[O-])c2C)cc1. The summed E-state index contributed by atoms with van der Waals surface area (Å²) in [6.07, 6.45) is 0. The van der Waals surface area contributed by atoms with Crippen molar-refractivity contribution in [3.05, 3.63) is 98.1 Å². The van der Waals surface area contributed by atoms with E-state index in [9.17, 15) is 25.0 Å². The minimum Gasteiger partial charge on any atom is -0.497 e. The molecule has 170 valence electrons. The Labute approximate surface area is 193 Å². The molecule has 0 radical (unpaired) electrons. The Balaban J connectivity index is 1.84. The van der Waals surface area contributed by atoms with Gasteiger partial charge in [-0.2, -0.15) is 0 Å². The molecule has 4 aromatic rings. The largest absolute Gasteiger partial charge is 0.497 e. The Hall–Kier alpha value is -4.86. The highest BCUT2D eigenvalue weighted by molar-refractivity contribution is 6.15. The number of nitro benzene ring substituents is 2. The molecule has 1 heterocycles. The van der Waals surface area contributed by atoms with E-state index in [-0.39, 0.29) is 5.69 Å². The highest BCUT2D eigenvalue weighted by Gasteiger charge is 2.24. The van der Waals surface area contributed by atoms with Crippen molar-refractivity contribution in [3.63, 3.8) is 0 Å². The quantitative estimate of drug-likeness (QED) is 0.306. The summed E-state index contributed by atoms with van der Waals surface area (Å²) in [5.74, 6) is 0.0773. The molecule has 0 aliphatic carbocycles. The fraction of sp³-hybridized carbons (Fsp3) is 0.0833. The van der Waals surface area contributed by atoms with Crippen LogP contribution in [0.25, 0.3) is 22.2 Å². The lowest BCUT2D eigenvalue weighted by molar-refractivity contribution is -0.393. The number of amides is 1. The molecule has 4 rings (SSSR count). The summed E-state index contributed by atoms with van der Waals surface area (Å²) in [4.78, 5) is 39.1. The molecule has 10 heteroatoms. The summed E-state index contributed by atoms with van der Waals surface area (Å²) in [5.41, 5.74) is 1.61. The van der Waals surface area contributed by atoms with E-state index >= 15 is 0 Å². The molecule has 0 fully saturated rings. The van der Waals surface area contributed by atoms with Crippen molar-refractivity contribution < 1.29 is 19.4 Å². The molecule has 3 aromatic carbocycles. The van der Waals surface area contributed by atoms with E-state index in [2.05, 4.69) is 5.32 Å². The lowest BCUT2D eigenvalue weighted by Crippen LogP contribution is -2.16. The van der Waals surface area contributed by atoms with Crippen LogP contribution >= 0.6 is 0 Å². The zero-order chi connectivity index (χ0) is 24.4. The summed E-state index contributed by atoms with van der Waals surface area (Å²) in [5, 5.41) is 25.6. The Morgan fingerprint density at radius 1 is 0.971 bits per heavy atom. The second kappa shape index (κ2) is 8.94. The third kappa shape index (κ3) is 4.11. The molecule has 1 N–H and O–H groups in total. The molecule has 0 saturated carbocycles. The maximum absolute atomic E-state index is 13.4. The van der Waals surface area contributed by atoms with Crippen LogP contribution in [0.5, 0.6) is 5.75 Å². The first-order valence-electron chi connectivity index (χ1n) is 10.1. The summed E-state index contributed by atoms with van der Waals surface area (Å²) in [6.45, 7) is 1.75. The molecule has 0 spiro atoms. The average Bonchev–Trinajstić information content (AvgIpc) is 2.83. The Morgan fingerprint density at radius 3 is 2.32 bits per heavy atom. The molecular weight excluding hydrogens is 440 g/mol. The van der Waals surface area contributed by atoms with Gasteiger partial charge in [0.25, 0.3) is 17.3 Å². The minimum atomic E-state index is -0.775. The van der Waals surface area contributed by atoms with E-state index in [0.29, 0.717) is 33.5 Å². The standard InChI is InChI=1S/C24H18N4O6/c1-14-22(24(29)26-20-12-9-16(27(30)31)13-21(20)28(32)33)18-5-3-4-6-19(18)25-23(14)15-7-10-17(34-2)11-8-15/h3-13H,1-2H3,(H,26,29). The van der Waals surface area contributed by atoms with Gasteiger partial charge in [0.15, 0.2) is 0 Å². The van der Waals surface area contributed by atoms with E-state index in [1.165, 1.54) is 0 Å². The van der Waals surface area contributed by atoms with Crippen LogP contribution in [0.4, 0.5) is 17.1 Å². The van der Waals surface area contributed by atoms with Crippen LogP contribution in [0.1, 0.15) is 15.9 Å². The predicted molar refractivity (Wildman–Crippen MR) is 126 cm³/mol. The van der Waals surface area contributed by atoms with Crippen molar-refractivity contribution in [3.8, 4) is 17.0 Å². The maximum atomic E-state index is 13.4. The highest BCUT2D eigenvalue weighted by atomic mass is 16.6. The lowest BCUT2D eigenvalue weighted by atomic mass is 9.97. The van der Waals surface area contributed by atoms with Gasteiger partial charge in [-0.15, -0.1) is 0 Å². The molecule has 0 aliphatic heterocycles. The number of benzene rings is 3.